The SMILES string of the molecule is COc1cc([N+](=O)[O-])cc(C2NC(=O)c3c(sc(C)c3C)N2)c1O. The number of nitro benzene ring substituents is 1. The van der Waals surface area contributed by atoms with Gasteiger partial charge < -0.3 is 20.5 Å². The van der Waals surface area contributed by atoms with Crippen molar-refractivity contribution in [3.8, 4) is 11.5 Å². The van der Waals surface area contributed by atoms with Crippen molar-refractivity contribution in [2.45, 2.75) is 20.0 Å². The highest BCUT2D eigenvalue weighted by Crippen LogP contribution is 2.42. The highest BCUT2D eigenvalue weighted by Gasteiger charge is 2.32. The van der Waals surface area contributed by atoms with E-state index in [-0.39, 0.29) is 28.7 Å². The summed E-state index contributed by atoms with van der Waals surface area (Å²) in [4.78, 5) is 23.9. The van der Waals surface area contributed by atoms with Gasteiger partial charge in [0.05, 0.1) is 23.7 Å². The first-order valence-corrected chi connectivity index (χ1v) is 7.87. The third-order valence-corrected chi connectivity index (χ3v) is 5.13. The average Bonchev–Trinajstić information content (AvgIpc) is 2.82. The molecule has 1 atom stereocenters. The lowest BCUT2D eigenvalue weighted by atomic mass is 10.0. The van der Waals surface area contributed by atoms with E-state index in [9.17, 15) is 20.0 Å². The summed E-state index contributed by atoms with van der Waals surface area (Å²) in [6.45, 7) is 3.77. The molecule has 0 aliphatic carbocycles. The molecule has 1 amide bonds. The van der Waals surface area contributed by atoms with Gasteiger partial charge in [-0.05, 0) is 19.4 Å². The van der Waals surface area contributed by atoms with E-state index in [1.54, 1.807) is 0 Å². The summed E-state index contributed by atoms with van der Waals surface area (Å²) in [5.74, 6) is -0.575. The molecule has 2 heterocycles. The van der Waals surface area contributed by atoms with E-state index in [2.05, 4.69) is 10.6 Å². The first-order valence-electron chi connectivity index (χ1n) is 7.06. The number of nitro groups is 1. The normalized spacial score (nSPS) is 16.1. The topological polar surface area (TPSA) is 114 Å². The molecule has 24 heavy (non-hydrogen) atoms. The van der Waals surface area contributed by atoms with Gasteiger partial charge in [-0.15, -0.1) is 11.3 Å². The maximum atomic E-state index is 12.4. The monoisotopic (exact) mass is 349 g/mol. The van der Waals surface area contributed by atoms with E-state index >= 15 is 0 Å². The molecule has 1 aromatic heterocycles. The fraction of sp³-hybridized carbons (Fsp3) is 0.267. The molecule has 0 fully saturated rings. The number of hydrogen-bond donors (Lipinski definition) is 3. The van der Waals surface area contributed by atoms with Crippen LogP contribution in [0.5, 0.6) is 11.5 Å². The van der Waals surface area contributed by atoms with Gasteiger partial charge in [-0.3, -0.25) is 14.9 Å². The number of amides is 1. The molecule has 8 nitrogen and oxygen atoms in total. The van der Waals surface area contributed by atoms with E-state index in [1.807, 2.05) is 13.8 Å². The van der Waals surface area contributed by atoms with Crippen LogP contribution >= 0.6 is 11.3 Å². The van der Waals surface area contributed by atoms with Crippen LogP contribution in [0.2, 0.25) is 0 Å². The summed E-state index contributed by atoms with van der Waals surface area (Å²) in [5, 5.41) is 27.9. The minimum absolute atomic E-state index is 0.0282. The van der Waals surface area contributed by atoms with Crippen LogP contribution in [0.4, 0.5) is 10.7 Å². The number of nitrogens with one attached hydrogen (secondary N) is 2. The Kier molecular flexibility index (Phi) is 3.80. The number of methoxy groups -OCH3 is 1. The van der Waals surface area contributed by atoms with Crippen molar-refractivity contribution in [2.24, 2.45) is 0 Å². The molecule has 3 rings (SSSR count). The molecule has 0 saturated heterocycles. The lowest BCUT2D eigenvalue weighted by Gasteiger charge is -2.27. The summed E-state index contributed by atoms with van der Waals surface area (Å²) in [6, 6.07) is 2.35. The van der Waals surface area contributed by atoms with Crippen molar-refractivity contribution < 1.29 is 19.6 Å². The number of hydrogen-bond acceptors (Lipinski definition) is 7. The van der Waals surface area contributed by atoms with Gasteiger partial charge in [-0.2, -0.15) is 0 Å². The van der Waals surface area contributed by atoms with Crippen molar-refractivity contribution in [3.63, 3.8) is 0 Å². The number of aryl methyl sites for hydroxylation is 1. The zero-order valence-corrected chi connectivity index (χ0v) is 14.0. The van der Waals surface area contributed by atoms with E-state index < -0.39 is 11.1 Å². The van der Waals surface area contributed by atoms with Crippen LogP contribution in [0, 0.1) is 24.0 Å². The second-order valence-electron chi connectivity index (χ2n) is 5.38. The number of thiophene rings is 1. The number of rotatable bonds is 3. The Morgan fingerprint density at radius 1 is 1.33 bits per heavy atom. The van der Waals surface area contributed by atoms with Gasteiger partial charge in [0.25, 0.3) is 11.6 Å². The van der Waals surface area contributed by atoms with Crippen molar-refractivity contribution in [1.29, 1.82) is 0 Å². The summed E-state index contributed by atoms with van der Waals surface area (Å²) in [5.41, 5.74) is 1.38. The fourth-order valence-electron chi connectivity index (χ4n) is 2.62. The molecule has 1 aromatic carbocycles. The predicted molar refractivity (Wildman–Crippen MR) is 88.9 cm³/mol. The van der Waals surface area contributed by atoms with Crippen LogP contribution in [0.15, 0.2) is 12.1 Å². The first-order chi connectivity index (χ1) is 11.3. The van der Waals surface area contributed by atoms with Gasteiger partial charge in [0.15, 0.2) is 11.5 Å². The van der Waals surface area contributed by atoms with Gasteiger partial charge in [0.2, 0.25) is 0 Å². The molecule has 0 saturated carbocycles. The summed E-state index contributed by atoms with van der Waals surface area (Å²) < 4.78 is 4.99. The first kappa shape index (κ1) is 16.1. The molecular weight excluding hydrogens is 334 g/mol. The van der Waals surface area contributed by atoms with Crippen LogP contribution in [0.1, 0.15) is 32.5 Å². The Labute approximate surface area is 141 Å². The Hall–Kier alpha value is -2.81. The lowest BCUT2D eigenvalue weighted by molar-refractivity contribution is -0.385. The Balaban J connectivity index is 2.08. The van der Waals surface area contributed by atoms with Crippen LogP contribution < -0.4 is 15.4 Å². The number of nitrogens with zero attached hydrogens (tertiary/aromatic N) is 1. The van der Waals surface area contributed by atoms with Gasteiger partial charge in [0, 0.05) is 16.5 Å². The van der Waals surface area contributed by atoms with Crippen molar-refractivity contribution in [3.05, 3.63) is 43.8 Å². The number of aromatic hydroxyl groups is 1. The molecule has 0 bridgehead atoms. The number of carbonyl (C=O) groups excluding carboxylic acids is 1. The molecule has 1 aliphatic heterocycles. The maximum absolute atomic E-state index is 12.4. The van der Waals surface area contributed by atoms with Gasteiger partial charge in [0.1, 0.15) is 11.2 Å². The Bertz CT molecular complexity index is 861. The molecule has 126 valence electrons. The smallest absolute Gasteiger partial charge is 0.273 e. The van der Waals surface area contributed by atoms with E-state index in [0.29, 0.717) is 10.6 Å². The number of benzene rings is 1. The zero-order chi connectivity index (χ0) is 17.6. The summed E-state index contributed by atoms with van der Waals surface area (Å²) in [6.07, 6.45) is -0.795. The number of fused-ring (bicyclic) bond motifs is 1. The van der Waals surface area contributed by atoms with Crippen LogP contribution in [-0.2, 0) is 0 Å². The number of non-ortho nitro benzene ring substituents is 1. The number of phenolic OH excluding ortho intramolecular Hbond substituents is 1. The fourth-order valence-corrected chi connectivity index (χ4v) is 3.71. The molecule has 1 unspecified atom stereocenters. The van der Waals surface area contributed by atoms with Crippen LogP contribution in [0.25, 0.3) is 0 Å². The molecule has 9 heteroatoms. The lowest BCUT2D eigenvalue weighted by Crippen LogP contribution is -2.38. The Morgan fingerprint density at radius 3 is 2.67 bits per heavy atom. The Morgan fingerprint density at radius 2 is 2.04 bits per heavy atom. The van der Waals surface area contributed by atoms with E-state index in [1.165, 1.54) is 24.5 Å². The molecule has 1 aliphatic rings. The van der Waals surface area contributed by atoms with Crippen LogP contribution in [0.3, 0.4) is 0 Å². The average molecular weight is 349 g/mol. The predicted octanol–water partition coefficient (Wildman–Crippen LogP) is 2.84. The second-order valence-corrected chi connectivity index (χ2v) is 6.61. The standard InChI is InChI=1S/C15H15N3O5S/c1-6-7(2)24-15-11(6)14(20)16-13(17-15)9-4-8(18(21)22)5-10(23-3)12(9)19/h4-5,13,17,19H,1-3H3,(H,16,20). The highest BCUT2D eigenvalue weighted by molar-refractivity contribution is 7.16. The van der Waals surface area contributed by atoms with Gasteiger partial charge in [-0.25, -0.2) is 0 Å². The van der Waals surface area contributed by atoms with E-state index in [0.717, 1.165) is 16.5 Å². The largest absolute Gasteiger partial charge is 0.504 e. The quantitative estimate of drug-likeness (QED) is 0.580. The number of ether oxygens (including phenoxy) is 1. The molecule has 3 N–H and O–H groups in total. The third-order valence-electron chi connectivity index (χ3n) is 3.99. The minimum Gasteiger partial charge on any atom is -0.504 e. The third kappa shape index (κ3) is 2.42. The molecule has 0 radical (unpaired) electrons. The van der Waals surface area contributed by atoms with Crippen molar-refractivity contribution in [1.82, 2.24) is 5.32 Å². The minimum atomic E-state index is -0.795. The van der Waals surface area contributed by atoms with E-state index in [4.69, 9.17) is 4.74 Å². The zero-order valence-electron chi connectivity index (χ0n) is 13.2. The number of phenols is 1. The maximum Gasteiger partial charge on any atom is 0.273 e. The summed E-state index contributed by atoms with van der Waals surface area (Å²) >= 11 is 1.43. The number of anilines is 1. The molecular formula is C15H15N3O5S. The second kappa shape index (κ2) is 5.68. The molecule has 2 aromatic rings. The molecule has 0 spiro atoms. The number of carbonyl (C=O) groups is 1. The summed E-state index contributed by atoms with van der Waals surface area (Å²) in [7, 11) is 1.31. The van der Waals surface area contributed by atoms with Crippen LogP contribution in [-0.4, -0.2) is 23.0 Å². The van der Waals surface area contributed by atoms with Gasteiger partial charge in [-0.1, -0.05) is 0 Å². The van der Waals surface area contributed by atoms with Gasteiger partial charge >= 0.3 is 0 Å². The van der Waals surface area contributed by atoms with Crippen molar-refractivity contribution in [2.75, 3.05) is 12.4 Å². The highest BCUT2D eigenvalue weighted by atomic mass is 32.1. The van der Waals surface area contributed by atoms with Crippen molar-refractivity contribution >= 4 is 27.9 Å².